The summed E-state index contributed by atoms with van der Waals surface area (Å²) in [7, 11) is 0. The van der Waals surface area contributed by atoms with Crippen LogP contribution in [0.1, 0.15) is 11.3 Å². The van der Waals surface area contributed by atoms with Gasteiger partial charge in [0.15, 0.2) is 0 Å². The van der Waals surface area contributed by atoms with Crippen LogP contribution in [0.25, 0.3) is 11.3 Å². The Morgan fingerprint density at radius 3 is 3.00 bits per heavy atom. The largest absolute Gasteiger partial charge is 0.481 e. The highest BCUT2D eigenvalue weighted by Crippen LogP contribution is 2.23. The molecule has 0 aromatic carbocycles. The van der Waals surface area contributed by atoms with E-state index in [0.717, 1.165) is 16.8 Å². The summed E-state index contributed by atoms with van der Waals surface area (Å²) in [6, 6.07) is 1.86. The van der Waals surface area contributed by atoms with Crippen LogP contribution in [0, 0.1) is 6.92 Å². The van der Waals surface area contributed by atoms with Gasteiger partial charge >= 0.3 is 5.97 Å². The monoisotopic (exact) mass is 205 g/mol. The lowest BCUT2D eigenvalue weighted by molar-refractivity contribution is -0.136. The number of aryl methyl sites for hydroxylation is 1. The van der Waals surface area contributed by atoms with E-state index < -0.39 is 5.97 Å². The van der Waals surface area contributed by atoms with Crippen molar-refractivity contribution < 1.29 is 9.90 Å². The number of aliphatic carboxylic acids is 1. The second-order valence-electron chi connectivity index (χ2n) is 3.35. The molecule has 2 rings (SSSR count). The Morgan fingerprint density at radius 1 is 1.60 bits per heavy atom. The highest BCUT2D eigenvalue weighted by atomic mass is 16.4. The molecule has 15 heavy (non-hydrogen) atoms. The third-order valence-corrected chi connectivity index (χ3v) is 2.27. The molecule has 0 spiro atoms. The average Bonchev–Trinajstić information content (AvgIpc) is 2.76. The fraction of sp³-hybridized carbons (Fsp3) is 0.200. The van der Waals surface area contributed by atoms with Gasteiger partial charge in [0.05, 0.1) is 12.1 Å². The van der Waals surface area contributed by atoms with Crippen LogP contribution in [-0.2, 0) is 11.2 Å². The third kappa shape index (κ3) is 1.76. The first-order chi connectivity index (χ1) is 7.18. The number of aromatic nitrogens is 3. The van der Waals surface area contributed by atoms with Gasteiger partial charge in [0.1, 0.15) is 0 Å². The quantitative estimate of drug-likeness (QED) is 0.707. The number of aromatic amines is 2. The number of carboxylic acids is 1. The Hall–Kier alpha value is -2.04. The number of rotatable bonds is 3. The van der Waals surface area contributed by atoms with Crippen molar-refractivity contribution in [1.82, 2.24) is 15.2 Å². The predicted molar refractivity (Wildman–Crippen MR) is 54.5 cm³/mol. The molecule has 78 valence electrons. The highest BCUT2D eigenvalue weighted by Gasteiger charge is 2.14. The van der Waals surface area contributed by atoms with Crippen molar-refractivity contribution in [1.29, 1.82) is 0 Å². The lowest BCUT2D eigenvalue weighted by Crippen LogP contribution is -2.01. The molecule has 0 unspecified atom stereocenters. The van der Waals surface area contributed by atoms with E-state index in [1.54, 1.807) is 12.4 Å². The van der Waals surface area contributed by atoms with E-state index in [1.807, 2.05) is 13.0 Å². The van der Waals surface area contributed by atoms with Crippen molar-refractivity contribution in [2.75, 3.05) is 0 Å². The minimum absolute atomic E-state index is 0.0111. The van der Waals surface area contributed by atoms with E-state index in [9.17, 15) is 4.79 Å². The van der Waals surface area contributed by atoms with Gasteiger partial charge in [-0.3, -0.25) is 9.89 Å². The predicted octanol–water partition coefficient (Wildman–Crippen LogP) is 1.34. The van der Waals surface area contributed by atoms with E-state index in [-0.39, 0.29) is 6.42 Å². The molecule has 0 aliphatic rings. The summed E-state index contributed by atoms with van der Waals surface area (Å²) in [6.45, 7) is 1.82. The molecule has 0 fully saturated rings. The SMILES string of the molecule is Cc1[nH]nc(-c2cc[nH]c2)c1CC(=O)O. The zero-order chi connectivity index (χ0) is 10.8. The molecule has 0 saturated carbocycles. The van der Waals surface area contributed by atoms with E-state index in [2.05, 4.69) is 15.2 Å². The van der Waals surface area contributed by atoms with Crippen molar-refractivity contribution in [3.05, 3.63) is 29.7 Å². The third-order valence-electron chi connectivity index (χ3n) is 2.27. The standard InChI is InChI=1S/C10H11N3O2/c1-6-8(4-9(14)15)10(13-12-6)7-2-3-11-5-7/h2-3,5,11H,4H2,1H3,(H,12,13)(H,14,15). The van der Waals surface area contributed by atoms with Crippen LogP contribution in [0.2, 0.25) is 0 Å². The van der Waals surface area contributed by atoms with Crippen molar-refractivity contribution >= 4 is 5.97 Å². The van der Waals surface area contributed by atoms with E-state index in [4.69, 9.17) is 5.11 Å². The number of H-pyrrole nitrogens is 2. The van der Waals surface area contributed by atoms with E-state index in [1.165, 1.54) is 0 Å². The number of hydrogen-bond acceptors (Lipinski definition) is 2. The molecule has 5 nitrogen and oxygen atoms in total. The number of nitrogens with one attached hydrogen (secondary N) is 2. The maximum absolute atomic E-state index is 10.7. The van der Waals surface area contributed by atoms with Gasteiger partial charge in [0.2, 0.25) is 0 Å². The van der Waals surface area contributed by atoms with Gasteiger partial charge in [-0.25, -0.2) is 0 Å². The van der Waals surface area contributed by atoms with Crippen LogP contribution in [0.4, 0.5) is 0 Å². The van der Waals surface area contributed by atoms with Gasteiger partial charge < -0.3 is 10.1 Å². The van der Waals surface area contributed by atoms with Gasteiger partial charge in [0.25, 0.3) is 0 Å². The maximum Gasteiger partial charge on any atom is 0.307 e. The summed E-state index contributed by atoms with van der Waals surface area (Å²) >= 11 is 0. The van der Waals surface area contributed by atoms with Gasteiger partial charge in [-0.2, -0.15) is 5.10 Å². The molecule has 5 heteroatoms. The second kappa shape index (κ2) is 3.61. The zero-order valence-corrected chi connectivity index (χ0v) is 8.24. The van der Waals surface area contributed by atoms with Crippen molar-refractivity contribution in [3.8, 4) is 11.3 Å². The molecular formula is C10H11N3O2. The molecule has 0 bridgehead atoms. The first kappa shape index (κ1) is 9.51. The van der Waals surface area contributed by atoms with Crippen LogP contribution in [0.15, 0.2) is 18.5 Å². The molecule has 0 aliphatic carbocycles. The summed E-state index contributed by atoms with van der Waals surface area (Å²) in [6.07, 6.45) is 3.56. The zero-order valence-electron chi connectivity index (χ0n) is 8.24. The van der Waals surface area contributed by atoms with Crippen molar-refractivity contribution in [2.24, 2.45) is 0 Å². The van der Waals surface area contributed by atoms with E-state index >= 15 is 0 Å². The van der Waals surface area contributed by atoms with Crippen LogP contribution >= 0.6 is 0 Å². The molecule has 0 saturated heterocycles. The van der Waals surface area contributed by atoms with Crippen LogP contribution < -0.4 is 0 Å². The minimum atomic E-state index is -0.851. The Bertz CT molecular complexity index is 471. The molecule has 0 atom stereocenters. The van der Waals surface area contributed by atoms with Crippen molar-refractivity contribution in [3.63, 3.8) is 0 Å². The molecule has 2 aromatic heterocycles. The molecule has 2 heterocycles. The molecule has 0 radical (unpaired) electrons. The molecule has 0 amide bonds. The molecule has 3 N–H and O–H groups in total. The topological polar surface area (TPSA) is 81.8 Å². The highest BCUT2D eigenvalue weighted by molar-refractivity contribution is 5.75. The fourth-order valence-corrected chi connectivity index (χ4v) is 1.53. The summed E-state index contributed by atoms with van der Waals surface area (Å²) in [5.41, 5.74) is 3.14. The summed E-state index contributed by atoms with van der Waals surface area (Å²) in [5.74, 6) is -0.851. The van der Waals surface area contributed by atoms with Crippen molar-refractivity contribution in [2.45, 2.75) is 13.3 Å². The molecular weight excluding hydrogens is 194 g/mol. The summed E-state index contributed by atoms with van der Waals surface area (Å²) in [5, 5.41) is 15.7. The average molecular weight is 205 g/mol. The normalized spacial score (nSPS) is 10.5. The Labute approximate surface area is 86.1 Å². The number of carboxylic acid groups (broad SMARTS) is 1. The molecule has 0 aliphatic heterocycles. The maximum atomic E-state index is 10.7. The number of nitrogens with zero attached hydrogens (tertiary/aromatic N) is 1. The fourth-order valence-electron chi connectivity index (χ4n) is 1.53. The Kier molecular flexibility index (Phi) is 2.29. The van der Waals surface area contributed by atoms with Gasteiger partial charge in [-0.05, 0) is 13.0 Å². The van der Waals surface area contributed by atoms with E-state index in [0.29, 0.717) is 5.69 Å². The molecule has 2 aromatic rings. The number of hydrogen-bond donors (Lipinski definition) is 3. The lowest BCUT2D eigenvalue weighted by Gasteiger charge is -1.97. The van der Waals surface area contributed by atoms with Gasteiger partial charge in [-0.15, -0.1) is 0 Å². The smallest absolute Gasteiger partial charge is 0.307 e. The first-order valence-corrected chi connectivity index (χ1v) is 4.57. The minimum Gasteiger partial charge on any atom is -0.481 e. The first-order valence-electron chi connectivity index (χ1n) is 4.57. The number of carbonyl (C=O) groups is 1. The lowest BCUT2D eigenvalue weighted by atomic mass is 10.1. The van der Waals surface area contributed by atoms with Crippen LogP contribution in [-0.4, -0.2) is 26.3 Å². The summed E-state index contributed by atoms with van der Waals surface area (Å²) < 4.78 is 0. The van der Waals surface area contributed by atoms with Gasteiger partial charge in [0, 0.05) is 29.2 Å². The second-order valence-corrected chi connectivity index (χ2v) is 3.35. The van der Waals surface area contributed by atoms with Crippen LogP contribution in [0.5, 0.6) is 0 Å². The van der Waals surface area contributed by atoms with Crippen LogP contribution in [0.3, 0.4) is 0 Å². The Balaban J connectivity index is 2.44. The Morgan fingerprint density at radius 2 is 2.40 bits per heavy atom. The summed E-state index contributed by atoms with van der Waals surface area (Å²) in [4.78, 5) is 13.6. The van der Waals surface area contributed by atoms with Gasteiger partial charge in [-0.1, -0.05) is 0 Å².